The Morgan fingerprint density at radius 2 is 1.81 bits per heavy atom. The van der Waals surface area contributed by atoms with E-state index in [0.29, 0.717) is 5.82 Å². The Balaban J connectivity index is 1.73. The molecule has 0 aliphatic carbocycles. The second-order valence-corrected chi connectivity index (χ2v) is 5.04. The number of aromatic nitrogens is 2. The molecule has 1 aliphatic rings. The fraction of sp³-hybridized carbons (Fsp3) is 0.286. The van der Waals surface area contributed by atoms with Gasteiger partial charge in [-0.15, -0.1) is 0 Å². The topological polar surface area (TPSA) is 104 Å². The second-order valence-electron chi connectivity index (χ2n) is 5.04. The number of piperazine rings is 1. The highest BCUT2D eigenvalue weighted by Crippen LogP contribution is 2.22. The number of benzene rings is 1. The molecule has 1 aromatic heterocycles. The number of anilines is 4. The predicted octanol–water partition coefficient (Wildman–Crippen LogP) is 0.261. The summed E-state index contributed by atoms with van der Waals surface area (Å²) in [4.78, 5) is 22.5. The fourth-order valence-corrected chi connectivity index (χ4v) is 2.55. The maximum atomic E-state index is 11.5. The van der Waals surface area contributed by atoms with Gasteiger partial charge in [0.15, 0.2) is 5.82 Å². The molecule has 7 nitrogen and oxygen atoms in total. The summed E-state index contributed by atoms with van der Waals surface area (Å²) >= 11 is 0. The highest BCUT2D eigenvalue weighted by Gasteiger charge is 2.20. The van der Waals surface area contributed by atoms with Crippen LogP contribution in [-0.4, -0.2) is 36.1 Å². The van der Waals surface area contributed by atoms with Crippen molar-refractivity contribution in [3.63, 3.8) is 0 Å². The van der Waals surface area contributed by atoms with Gasteiger partial charge in [-0.05, 0) is 18.2 Å². The molecule has 0 atom stereocenters. The zero-order valence-electron chi connectivity index (χ0n) is 11.6. The zero-order valence-corrected chi connectivity index (χ0v) is 11.6. The number of hydrogen-bond acceptors (Lipinski definition) is 6. The summed E-state index contributed by atoms with van der Waals surface area (Å²) in [6.07, 6.45) is 1.39. The fourth-order valence-electron chi connectivity index (χ4n) is 2.55. The van der Waals surface area contributed by atoms with Gasteiger partial charge < -0.3 is 26.3 Å². The van der Waals surface area contributed by atoms with Gasteiger partial charge in [0.05, 0.1) is 6.33 Å². The molecular weight excluding hydrogens is 268 g/mol. The van der Waals surface area contributed by atoms with E-state index in [1.807, 2.05) is 29.2 Å². The van der Waals surface area contributed by atoms with E-state index in [2.05, 4.69) is 14.9 Å². The highest BCUT2D eigenvalue weighted by atomic mass is 16.1. The number of nitrogens with two attached hydrogens (primary N) is 2. The molecule has 1 saturated heterocycles. The Bertz CT molecular complexity index is 690. The van der Waals surface area contributed by atoms with Gasteiger partial charge in [0.2, 0.25) is 0 Å². The number of nitrogens with one attached hydrogen (secondary N) is 1. The first kappa shape index (κ1) is 13.3. The Morgan fingerprint density at radius 3 is 2.52 bits per heavy atom. The van der Waals surface area contributed by atoms with Gasteiger partial charge in [-0.1, -0.05) is 6.07 Å². The Kier molecular flexibility index (Phi) is 3.39. The first-order valence-electron chi connectivity index (χ1n) is 6.84. The molecule has 0 bridgehead atoms. The summed E-state index contributed by atoms with van der Waals surface area (Å²) in [5, 5.41) is 0. The third-order valence-corrected chi connectivity index (χ3v) is 3.68. The van der Waals surface area contributed by atoms with Gasteiger partial charge in [0, 0.05) is 37.6 Å². The predicted molar refractivity (Wildman–Crippen MR) is 84.6 cm³/mol. The van der Waals surface area contributed by atoms with E-state index in [1.54, 1.807) is 0 Å². The van der Waals surface area contributed by atoms with E-state index in [9.17, 15) is 4.79 Å². The molecule has 1 aliphatic heterocycles. The van der Waals surface area contributed by atoms with Crippen LogP contribution in [0.2, 0.25) is 0 Å². The van der Waals surface area contributed by atoms with Gasteiger partial charge in [0.1, 0.15) is 5.69 Å². The van der Waals surface area contributed by atoms with Crippen molar-refractivity contribution in [3.05, 3.63) is 40.9 Å². The van der Waals surface area contributed by atoms with Crippen molar-refractivity contribution in [2.75, 3.05) is 47.4 Å². The average Bonchev–Trinajstić information content (AvgIpc) is 2.50. The molecule has 0 radical (unpaired) electrons. The molecule has 7 heteroatoms. The van der Waals surface area contributed by atoms with E-state index in [-0.39, 0.29) is 11.2 Å². The normalized spacial score (nSPS) is 15.2. The zero-order chi connectivity index (χ0) is 14.8. The van der Waals surface area contributed by atoms with Gasteiger partial charge >= 0.3 is 0 Å². The molecule has 110 valence electrons. The largest absolute Gasteiger partial charge is 0.399 e. The van der Waals surface area contributed by atoms with Gasteiger partial charge in [-0.3, -0.25) is 4.79 Å². The van der Waals surface area contributed by atoms with Crippen LogP contribution >= 0.6 is 0 Å². The van der Waals surface area contributed by atoms with Crippen molar-refractivity contribution in [3.8, 4) is 0 Å². The minimum atomic E-state index is -0.293. The van der Waals surface area contributed by atoms with Crippen molar-refractivity contribution >= 4 is 22.9 Å². The number of nitrogens with zero attached hydrogens (tertiary/aromatic N) is 3. The van der Waals surface area contributed by atoms with Crippen LogP contribution in [0, 0.1) is 0 Å². The smallest absolute Gasteiger partial charge is 0.276 e. The van der Waals surface area contributed by atoms with Crippen molar-refractivity contribution in [1.29, 1.82) is 0 Å². The number of nitrogen functional groups attached to an aromatic ring is 2. The maximum absolute atomic E-state index is 11.5. The van der Waals surface area contributed by atoms with Gasteiger partial charge in [-0.2, -0.15) is 0 Å². The van der Waals surface area contributed by atoms with Crippen LogP contribution in [0.5, 0.6) is 0 Å². The van der Waals surface area contributed by atoms with Crippen molar-refractivity contribution in [2.24, 2.45) is 0 Å². The summed E-state index contributed by atoms with van der Waals surface area (Å²) in [5.41, 5.74) is 13.4. The summed E-state index contributed by atoms with van der Waals surface area (Å²) < 4.78 is 0. The van der Waals surface area contributed by atoms with E-state index in [0.717, 1.165) is 37.6 Å². The van der Waals surface area contributed by atoms with Crippen LogP contribution in [-0.2, 0) is 0 Å². The standard InChI is InChI=1S/C14H18N6O/c15-10-2-1-3-11(8-10)19-4-6-20(7-5-19)13-12(16)14(21)18-9-17-13/h1-3,8-9H,4-7,15-16H2,(H,17,18,21). The lowest BCUT2D eigenvalue weighted by Crippen LogP contribution is -2.47. The van der Waals surface area contributed by atoms with E-state index in [4.69, 9.17) is 11.5 Å². The summed E-state index contributed by atoms with van der Waals surface area (Å²) in [6, 6.07) is 7.84. The monoisotopic (exact) mass is 286 g/mol. The molecule has 2 aromatic rings. The minimum absolute atomic E-state index is 0.176. The first-order chi connectivity index (χ1) is 10.1. The van der Waals surface area contributed by atoms with E-state index < -0.39 is 0 Å². The summed E-state index contributed by atoms with van der Waals surface area (Å²) in [6.45, 7) is 3.18. The number of hydrogen-bond donors (Lipinski definition) is 3. The van der Waals surface area contributed by atoms with Crippen molar-refractivity contribution < 1.29 is 0 Å². The molecule has 1 fully saturated rings. The molecule has 0 spiro atoms. The molecule has 1 aromatic carbocycles. The van der Waals surface area contributed by atoms with Crippen molar-refractivity contribution in [2.45, 2.75) is 0 Å². The van der Waals surface area contributed by atoms with Crippen LogP contribution in [0.3, 0.4) is 0 Å². The first-order valence-corrected chi connectivity index (χ1v) is 6.84. The molecule has 3 rings (SSSR count). The summed E-state index contributed by atoms with van der Waals surface area (Å²) in [7, 11) is 0. The van der Waals surface area contributed by atoms with E-state index in [1.165, 1.54) is 6.33 Å². The molecule has 0 unspecified atom stereocenters. The molecule has 5 N–H and O–H groups in total. The molecular formula is C14H18N6O. The molecule has 21 heavy (non-hydrogen) atoms. The minimum Gasteiger partial charge on any atom is -0.399 e. The van der Waals surface area contributed by atoms with Crippen LogP contribution < -0.4 is 26.8 Å². The lowest BCUT2D eigenvalue weighted by Gasteiger charge is -2.37. The Morgan fingerprint density at radius 1 is 1.10 bits per heavy atom. The molecule has 0 saturated carbocycles. The number of H-pyrrole nitrogens is 1. The average molecular weight is 286 g/mol. The van der Waals surface area contributed by atoms with Crippen molar-refractivity contribution in [1.82, 2.24) is 9.97 Å². The number of aromatic amines is 1. The van der Waals surface area contributed by atoms with Gasteiger partial charge in [0.25, 0.3) is 5.56 Å². The van der Waals surface area contributed by atoms with E-state index >= 15 is 0 Å². The quantitative estimate of drug-likeness (QED) is 0.684. The number of rotatable bonds is 2. The lowest BCUT2D eigenvalue weighted by molar-refractivity contribution is 0.647. The lowest BCUT2D eigenvalue weighted by atomic mass is 10.2. The van der Waals surface area contributed by atoms with Crippen LogP contribution in [0.25, 0.3) is 0 Å². The SMILES string of the molecule is Nc1cccc(N2CCN(c3nc[nH]c(=O)c3N)CC2)c1. The van der Waals surface area contributed by atoms with Crippen LogP contribution in [0.15, 0.2) is 35.4 Å². The molecule has 2 heterocycles. The van der Waals surface area contributed by atoms with Crippen LogP contribution in [0.1, 0.15) is 0 Å². The third-order valence-electron chi connectivity index (χ3n) is 3.68. The Hall–Kier alpha value is -2.70. The third kappa shape index (κ3) is 2.62. The Labute approximate surface area is 122 Å². The highest BCUT2D eigenvalue weighted by molar-refractivity contribution is 5.62. The van der Waals surface area contributed by atoms with Crippen LogP contribution in [0.4, 0.5) is 22.9 Å². The maximum Gasteiger partial charge on any atom is 0.276 e. The molecule has 0 amide bonds. The summed E-state index contributed by atoms with van der Waals surface area (Å²) in [5.74, 6) is 0.561. The second kappa shape index (κ2) is 5.35. The van der Waals surface area contributed by atoms with Gasteiger partial charge in [-0.25, -0.2) is 4.98 Å².